The number of rotatable bonds is 2. The van der Waals surface area contributed by atoms with Gasteiger partial charge in [0.15, 0.2) is 0 Å². The van der Waals surface area contributed by atoms with E-state index < -0.39 is 0 Å². The van der Waals surface area contributed by atoms with E-state index in [0.29, 0.717) is 0 Å². The highest BCUT2D eigenvalue weighted by atomic mass is 15.0. The van der Waals surface area contributed by atoms with Crippen LogP contribution >= 0.6 is 0 Å². The molecule has 11 rings (SSSR count). The van der Waals surface area contributed by atoms with E-state index in [1.165, 1.54) is 99.5 Å². The summed E-state index contributed by atoms with van der Waals surface area (Å²) in [6.07, 6.45) is 0. The van der Waals surface area contributed by atoms with Crippen LogP contribution in [0.2, 0.25) is 0 Å². The van der Waals surface area contributed by atoms with E-state index in [-0.39, 0.29) is 10.8 Å². The van der Waals surface area contributed by atoms with Crippen LogP contribution in [-0.2, 0) is 10.8 Å². The highest BCUT2D eigenvalue weighted by molar-refractivity contribution is 6.11. The number of nitrogens with zero attached hydrogens (tertiary/aromatic N) is 2. The van der Waals surface area contributed by atoms with Crippen molar-refractivity contribution < 1.29 is 0 Å². The fraction of sp³-hybridized carbons (Fsp3) is 0.125. The van der Waals surface area contributed by atoms with Crippen LogP contribution in [0.1, 0.15) is 49.9 Å². The van der Waals surface area contributed by atoms with Crippen molar-refractivity contribution in [1.82, 2.24) is 9.13 Å². The van der Waals surface area contributed by atoms with Gasteiger partial charge >= 0.3 is 0 Å². The third-order valence-corrected chi connectivity index (χ3v) is 12.1. The van der Waals surface area contributed by atoms with Gasteiger partial charge in [-0.1, -0.05) is 125 Å². The number of hydrogen-bond acceptors (Lipinski definition) is 0. The van der Waals surface area contributed by atoms with Gasteiger partial charge < -0.3 is 9.13 Å². The van der Waals surface area contributed by atoms with Crippen LogP contribution < -0.4 is 0 Å². The molecule has 0 radical (unpaired) electrons. The molecule has 2 heterocycles. The molecule has 2 aliphatic rings. The number of para-hydroxylation sites is 4. The maximum atomic E-state index is 2.48. The molecule has 0 N–H and O–H groups in total. The zero-order valence-corrected chi connectivity index (χ0v) is 28.8. The van der Waals surface area contributed by atoms with Gasteiger partial charge in [0.2, 0.25) is 0 Å². The van der Waals surface area contributed by atoms with Crippen LogP contribution in [0.15, 0.2) is 146 Å². The Labute approximate surface area is 291 Å². The molecule has 2 aliphatic carbocycles. The molecule has 238 valence electrons. The second-order valence-corrected chi connectivity index (χ2v) is 15.4. The summed E-state index contributed by atoms with van der Waals surface area (Å²) >= 11 is 0. The predicted molar refractivity (Wildman–Crippen MR) is 210 cm³/mol. The molecule has 0 fully saturated rings. The second-order valence-electron chi connectivity index (χ2n) is 15.4. The molecule has 0 saturated carbocycles. The van der Waals surface area contributed by atoms with Crippen molar-refractivity contribution in [3.8, 4) is 33.6 Å². The quantitative estimate of drug-likeness (QED) is 0.178. The largest absolute Gasteiger partial charge is 0.309 e. The lowest BCUT2D eigenvalue weighted by molar-refractivity contribution is 0.650. The van der Waals surface area contributed by atoms with Gasteiger partial charge in [0.05, 0.1) is 22.1 Å². The topological polar surface area (TPSA) is 9.86 Å². The fourth-order valence-corrected chi connectivity index (χ4v) is 9.74. The maximum Gasteiger partial charge on any atom is 0.0541 e. The first-order valence-corrected chi connectivity index (χ1v) is 17.8. The number of benzene rings is 7. The third-order valence-electron chi connectivity index (χ3n) is 12.1. The Morgan fingerprint density at radius 1 is 0.340 bits per heavy atom. The van der Waals surface area contributed by atoms with E-state index >= 15 is 0 Å². The Balaban J connectivity index is 1.19. The van der Waals surface area contributed by atoms with Crippen LogP contribution in [0.25, 0.3) is 77.2 Å². The molecule has 7 aromatic carbocycles. The van der Waals surface area contributed by atoms with Gasteiger partial charge in [-0.25, -0.2) is 0 Å². The van der Waals surface area contributed by atoms with Crippen molar-refractivity contribution >= 4 is 43.6 Å². The highest BCUT2D eigenvalue weighted by Gasteiger charge is 2.44. The average Bonchev–Trinajstić information content (AvgIpc) is 3.80. The summed E-state index contributed by atoms with van der Waals surface area (Å²) < 4.78 is 4.91. The summed E-state index contributed by atoms with van der Waals surface area (Å²) in [5, 5.41) is 5.16. The molecule has 50 heavy (non-hydrogen) atoms. The molecule has 0 bridgehead atoms. The van der Waals surface area contributed by atoms with Crippen LogP contribution in [0.3, 0.4) is 0 Å². The molecule has 0 spiro atoms. The van der Waals surface area contributed by atoms with Gasteiger partial charge in [-0.05, 0) is 93.0 Å². The van der Waals surface area contributed by atoms with E-state index in [2.05, 4.69) is 182 Å². The lowest BCUT2D eigenvalue weighted by Crippen LogP contribution is -2.17. The van der Waals surface area contributed by atoms with Crippen molar-refractivity contribution in [2.75, 3.05) is 0 Å². The summed E-state index contributed by atoms with van der Waals surface area (Å²) in [6, 6.07) is 54.5. The Kier molecular flexibility index (Phi) is 5.28. The first kappa shape index (κ1) is 28.0. The average molecular weight is 641 g/mol. The molecule has 2 aromatic heterocycles. The van der Waals surface area contributed by atoms with Gasteiger partial charge in [-0.2, -0.15) is 0 Å². The van der Waals surface area contributed by atoms with Crippen LogP contribution in [-0.4, -0.2) is 9.13 Å². The number of hydrogen-bond donors (Lipinski definition) is 0. The zero-order chi connectivity index (χ0) is 33.5. The normalized spacial score (nSPS) is 15.1. The fourth-order valence-electron chi connectivity index (χ4n) is 9.74. The van der Waals surface area contributed by atoms with Gasteiger partial charge in [0.1, 0.15) is 0 Å². The minimum absolute atomic E-state index is 0.115. The third kappa shape index (κ3) is 3.39. The molecule has 0 unspecified atom stereocenters. The maximum absolute atomic E-state index is 2.48. The molecule has 0 saturated heterocycles. The lowest BCUT2D eigenvalue weighted by Gasteiger charge is -2.24. The van der Waals surface area contributed by atoms with Crippen molar-refractivity contribution in [2.45, 2.75) is 38.5 Å². The minimum atomic E-state index is -0.115. The van der Waals surface area contributed by atoms with E-state index in [1.807, 2.05) is 0 Å². The Morgan fingerprint density at radius 3 is 0.980 bits per heavy atom. The smallest absolute Gasteiger partial charge is 0.0541 e. The van der Waals surface area contributed by atoms with Gasteiger partial charge in [0, 0.05) is 43.7 Å². The van der Waals surface area contributed by atoms with Crippen molar-refractivity contribution in [3.05, 3.63) is 168 Å². The second kappa shape index (κ2) is 9.43. The van der Waals surface area contributed by atoms with Gasteiger partial charge in [-0.3, -0.25) is 0 Å². The predicted octanol–water partition coefficient (Wildman–Crippen LogP) is 12.5. The number of fused-ring (bicyclic) bond motifs is 13. The summed E-state index contributed by atoms with van der Waals surface area (Å²) in [4.78, 5) is 0. The van der Waals surface area contributed by atoms with Crippen molar-refractivity contribution in [3.63, 3.8) is 0 Å². The Hall–Kier alpha value is -5.86. The van der Waals surface area contributed by atoms with Crippen LogP contribution in [0, 0.1) is 0 Å². The Bertz CT molecular complexity index is 2620. The van der Waals surface area contributed by atoms with Crippen molar-refractivity contribution in [2.24, 2.45) is 0 Å². The summed E-state index contributed by atoms with van der Waals surface area (Å²) in [5.74, 6) is 0. The van der Waals surface area contributed by atoms with E-state index in [0.717, 1.165) is 0 Å². The SMILES string of the molecule is CC1(C)c2ccc(-n3c4ccccc4c4ccccc43)cc2-c2c1ccc1c2-c2cc(-n3c4ccccc4c4ccccc43)ccc2C1(C)C. The highest BCUT2D eigenvalue weighted by Crippen LogP contribution is 2.59. The first-order valence-electron chi connectivity index (χ1n) is 17.8. The van der Waals surface area contributed by atoms with Crippen LogP contribution in [0.5, 0.6) is 0 Å². The lowest BCUT2D eigenvalue weighted by atomic mass is 9.79. The number of aromatic nitrogens is 2. The van der Waals surface area contributed by atoms with E-state index in [1.54, 1.807) is 0 Å². The monoisotopic (exact) mass is 640 g/mol. The van der Waals surface area contributed by atoms with Gasteiger partial charge in [0.25, 0.3) is 0 Å². The molecule has 0 amide bonds. The standard InChI is InChI=1S/C48H36N2/c1-47(2)37-23-21-29(49-41-17-9-5-13-31(41)32-14-6-10-18-42(32)49)27-35(37)45-39(47)25-26-40-46(45)36-28-30(22-24-38(36)48(40,3)4)50-43-19-11-7-15-33(43)34-16-8-12-20-44(34)50/h5-28H,1-4H3. The zero-order valence-electron chi connectivity index (χ0n) is 28.8. The summed E-state index contributed by atoms with van der Waals surface area (Å²) in [5.41, 5.74) is 18.3. The molecule has 2 heteroatoms. The summed E-state index contributed by atoms with van der Waals surface area (Å²) in [7, 11) is 0. The molecular weight excluding hydrogens is 605 g/mol. The van der Waals surface area contributed by atoms with Crippen molar-refractivity contribution in [1.29, 1.82) is 0 Å². The molecular formula is C48H36N2. The molecule has 0 aliphatic heterocycles. The first-order chi connectivity index (χ1) is 24.3. The van der Waals surface area contributed by atoms with E-state index in [9.17, 15) is 0 Å². The van der Waals surface area contributed by atoms with E-state index in [4.69, 9.17) is 0 Å². The molecule has 2 nitrogen and oxygen atoms in total. The molecule has 9 aromatic rings. The minimum Gasteiger partial charge on any atom is -0.309 e. The Morgan fingerprint density at radius 2 is 0.640 bits per heavy atom. The van der Waals surface area contributed by atoms with Gasteiger partial charge in [-0.15, -0.1) is 0 Å². The molecule has 0 atom stereocenters. The van der Waals surface area contributed by atoms with Crippen LogP contribution in [0.4, 0.5) is 0 Å². The summed E-state index contributed by atoms with van der Waals surface area (Å²) in [6.45, 7) is 9.61.